The van der Waals surface area contributed by atoms with E-state index in [1.54, 1.807) is 0 Å². The van der Waals surface area contributed by atoms with E-state index in [0.717, 1.165) is 108 Å². The van der Waals surface area contributed by atoms with E-state index in [4.69, 9.17) is 13.3 Å². The molecule has 0 fully saturated rings. The van der Waals surface area contributed by atoms with Gasteiger partial charge in [0.25, 0.3) is 0 Å². The molecule has 4 nitrogen and oxygen atoms in total. The highest BCUT2D eigenvalue weighted by molar-refractivity contribution is 6.07. The molecule has 0 aliphatic heterocycles. The van der Waals surface area contributed by atoms with Crippen LogP contribution in [-0.2, 0) is 0 Å². The summed E-state index contributed by atoms with van der Waals surface area (Å²) in [5.74, 6) is 1.12. The molecule has 62 heavy (non-hydrogen) atoms. The highest BCUT2D eigenvalue weighted by Gasteiger charge is 2.31. The lowest BCUT2D eigenvalue weighted by atomic mass is 9.82. The Kier molecular flexibility index (Phi) is 7.83. The molecule has 2 aliphatic carbocycles. The molecule has 294 valence electrons. The van der Waals surface area contributed by atoms with E-state index in [-0.39, 0.29) is 5.92 Å². The third-order valence-corrected chi connectivity index (χ3v) is 13.1. The largest absolute Gasteiger partial charge is 0.460 e. The Bertz CT molecular complexity index is 3670. The zero-order chi connectivity index (χ0) is 40.7. The fourth-order valence-corrected chi connectivity index (χ4v) is 10.1. The number of anilines is 2. The fourth-order valence-electron chi connectivity index (χ4n) is 10.1. The Morgan fingerprint density at radius 1 is 0.419 bits per heavy atom. The van der Waals surface area contributed by atoms with Crippen molar-refractivity contribution in [3.8, 4) is 22.3 Å². The Balaban J connectivity index is 0.932. The Labute approximate surface area is 357 Å². The van der Waals surface area contributed by atoms with Gasteiger partial charge in [-0.3, -0.25) is 0 Å². The summed E-state index contributed by atoms with van der Waals surface area (Å²) in [6.45, 7) is 0. The number of hydrogen-bond donors (Lipinski definition) is 0. The second-order valence-corrected chi connectivity index (χ2v) is 16.7. The molecule has 0 bridgehead atoms. The zero-order valence-corrected chi connectivity index (χ0v) is 33.8. The van der Waals surface area contributed by atoms with Gasteiger partial charge in [0.1, 0.15) is 33.7 Å². The standard InChI is InChI=1S/C58H39NO3/c1-2-11-39-34-57-51(32-38(39)10-1)49-16-9-15-48(58(49)62-57)44-12-3-6-17-52(44)59(42-26-20-36(21-27-42)40-25-31-55-50(33-40)46-14-5-8-19-54(46)60-55)43-28-22-37(23-29-43)41-24-30-47-45-13-4-7-18-53(45)61-56(47)35-41/h1-5,7-14,16,18-35,48H,6,15,17H2. The van der Waals surface area contributed by atoms with Crippen LogP contribution in [0.3, 0.4) is 0 Å². The number of benzene rings is 8. The Hall–Kier alpha value is -7.82. The smallest absolute Gasteiger partial charge is 0.136 e. The van der Waals surface area contributed by atoms with Crippen LogP contribution >= 0.6 is 0 Å². The van der Waals surface area contributed by atoms with Crippen LogP contribution in [0.25, 0.3) is 93.9 Å². The summed E-state index contributed by atoms with van der Waals surface area (Å²) in [5.41, 5.74) is 15.2. The number of furan rings is 3. The Morgan fingerprint density at radius 3 is 1.76 bits per heavy atom. The molecule has 0 spiro atoms. The summed E-state index contributed by atoms with van der Waals surface area (Å²) in [6.07, 6.45) is 12.0. The molecule has 1 atom stereocenters. The quantitative estimate of drug-likeness (QED) is 0.168. The lowest BCUT2D eigenvalue weighted by Gasteiger charge is -2.34. The van der Waals surface area contributed by atoms with E-state index >= 15 is 0 Å². The van der Waals surface area contributed by atoms with Gasteiger partial charge in [-0.2, -0.15) is 0 Å². The third-order valence-electron chi connectivity index (χ3n) is 13.1. The van der Waals surface area contributed by atoms with Crippen molar-refractivity contribution in [1.82, 2.24) is 0 Å². The minimum Gasteiger partial charge on any atom is -0.460 e. The third kappa shape index (κ3) is 5.60. The first-order chi connectivity index (χ1) is 30.7. The predicted molar refractivity (Wildman–Crippen MR) is 256 cm³/mol. The summed E-state index contributed by atoms with van der Waals surface area (Å²) < 4.78 is 19.3. The lowest BCUT2D eigenvalue weighted by molar-refractivity contribution is 0.513. The van der Waals surface area contributed by atoms with Crippen molar-refractivity contribution < 1.29 is 13.3 Å². The van der Waals surface area contributed by atoms with Crippen molar-refractivity contribution in [2.24, 2.45) is 0 Å². The minimum absolute atomic E-state index is 0.0742. The average Bonchev–Trinajstić information content (AvgIpc) is 4.02. The Morgan fingerprint density at radius 2 is 1.00 bits per heavy atom. The van der Waals surface area contributed by atoms with Crippen molar-refractivity contribution in [2.45, 2.75) is 25.2 Å². The SMILES string of the molecule is C1=CC(C2CC=Cc3c2oc2cc4ccccc4cc32)=C(N(c2ccc(-c3ccc4c(c3)oc3ccccc34)cc2)c2ccc(-c3ccc4oc5ccccc5c4c3)cc2)CC1. The highest BCUT2D eigenvalue weighted by atomic mass is 16.3. The van der Waals surface area contributed by atoms with E-state index in [1.807, 2.05) is 24.3 Å². The molecule has 0 N–H and O–H groups in total. The zero-order valence-electron chi connectivity index (χ0n) is 33.8. The normalized spacial score (nSPS) is 15.2. The van der Waals surface area contributed by atoms with Gasteiger partial charge in [-0.25, -0.2) is 0 Å². The summed E-state index contributed by atoms with van der Waals surface area (Å²) in [5, 5.41) is 8.14. The number of rotatable bonds is 6. The van der Waals surface area contributed by atoms with E-state index in [2.05, 4.69) is 175 Å². The van der Waals surface area contributed by atoms with Crippen molar-refractivity contribution in [3.05, 3.63) is 211 Å². The van der Waals surface area contributed by atoms with Gasteiger partial charge in [0.2, 0.25) is 0 Å². The first-order valence-electron chi connectivity index (χ1n) is 21.6. The van der Waals surface area contributed by atoms with Gasteiger partial charge in [-0.15, -0.1) is 0 Å². The van der Waals surface area contributed by atoms with Crippen LogP contribution in [0.1, 0.15) is 36.5 Å². The molecule has 3 aromatic heterocycles. The summed E-state index contributed by atoms with van der Waals surface area (Å²) >= 11 is 0. The maximum atomic E-state index is 6.88. The van der Waals surface area contributed by atoms with Gasteiger partial charge in [-0.1, -0.05) is 121 Å². The lowest BCUT2D eigenvalue weighted by Crippen LogP contribution is -2.22. The van der Waals surface area contributed by atoms with Gasteiger partial charge in [0.15, 0.2) is 0 Å². The van der Waals surface area contributed by atoms with Crippen LogP contribution in [0.15, 0.2) is 213 Å². The van der Waals surface area contributed by atoms with Crippen molar-refractivity contribution in [1.29, 1.82) is 0 Å². The van der Waals surface area contributed by atoms with E-state index < -0.39 is 0 Å². The molecule has 11 aromatic rings. The van der Waals surface area contributed by atoms with Crippen LogP contribution in [0.2, 0.25) is 0 Å². The minimum atomic E-state index is 0.0742. The number of hydrogen-bond acceptors (Lipinski definition) is 4. The van der Waals surface area contributed by atoms with E-state index in [9.17, 15) is 0 Å². The molecule has 4 heteroatoms. The molecule has 3 heterocycles. The van der Waals surface area contributed by atoms with Gasteiger partial charge in [0.05, 0.1) is 0 Å². The van der Waals surface area contributed by atoms with E-state index in [1.165, 1.54) is 33.0 Å². The second-order valence-electron chi connectivity index (χ2n) is 16.7. The first-order valence-corrected chi connectivity index (χ1v) is 21.6. The molecule has 13 rings (SSSR count). The maximum absolute atomic E-state index is 6.88. The van der Waals surface area contributed by atoms with Gasteiger partial charge in [-0.05, 0) is 131 Å². The summed E-state index contributed by atoms with van der Waals surface area (Å²) in [4.78, 5) is 2.48. The molecule has 0 saturated carbocycles. The topological polar surface area (TPSA) is 42.7 Å². The monoisotopic (exact) mass is 797 g/mol. The molecule has 0 amide bonds. The molecule has 1 unspecified atom stereocenters. The number of fused-ring (bicyclic) bond motifs is 10. The fraction of sp³-hybridized carbons (Fsp3) is 0.0690. The van der Waals surface area contributed by atoms with Gasteiger partial charge < -0.3 is 18.2 Å². The average molecular weight is 798 g/mol. The van der Waals surface area contributed by atoms with Crippen molar-refractivity contribution in [2.75, 3.05) is 4.90 Å². The van der Waals surface area contributed by atoms with Crippen LogP contribution in [0.4, 0.5) is 11.4 Å². The predicted octanol–water partition coefficient (Wildman–Crippen LogP) is 16.7. The number of nitrogens with zero attached hydrogens (tertiary/aromatic N) is 1. The van der Waals surface area contributed by atoms with Crippen LogP contribution in [0.5, 0.6) is 0 Å². The molecule has 8 aromatic carbocycles. The molecule has 0 saturated heterocycles. The van der Waals surface area contributed by atoms with Crippen LogP contribution in [-0.4, -0.2) is 0 Å². The summed E-state index contributed by atoms with van der Waals surface area (Å²) in [7, 11) is 0. The number of allylic oxidation sites excluding steroid dienone is 5. The molecule has 2 aliphatic rings. The van der Waals surface area contributed by atoms with Crippen LogP contribution in [0, 0.1) is 0 Å². The van der Waals surface area contributed by atoms with Crippen molar-refractivity contribution in [3.63, 3.8) is 0 Å². The van der Waals surface area contributed by atoms with E-state index in [0.29, 0.717) is 0 Å². The molecular weight excluding hydrogens is 759 g/mol. The van der Waals surface area contributed by atoms with Crippen molar-refractivity contribution >= 4 is 83.1 Å². The maximum Gasteiger partial charge on any atom is 0.136 e. The number of para-hydroxylation sites is 2. The highest BCUT2D eigenvalue weighted by Crippen LogP contribution is 2.47. The molecule has 0 radical (unpaired) electrons. The first kappa shape index (κ1) is 35.0. The van der Waals surface area contributed by atoms with Crippen LogP contribution < -0.4 is 4.90 Å². The van der Waals surface area contributed by atoms with Gasteiger partial charge in [0, 0.05) is 55.5 Å². The second kappa shape index (κ2) is 13.9. The summed E-state index contributed by atoms with van der Waals surface area (Å²) in [6, 6.07) is 60.7. The molecular formula is C58H39NO3. The van der Waals surface area contributed by atoms with Gasteiger partial charge >= 0.3 is 0 Å².